The highest BCUT2D eigenvalue weighted by Gasteiger charge is 2.25. The highest BCUT2D eigenvalue weighted by molar-refractivity contribution is 5.36. The minimum Gasteiger partial charge on any atom is -0.348 e. The van der Waals surface area contributed by atoms with Crippen molar-refractivity contribution in [1.82, 2.24) is 15.2 Å². The Balaban J connectivity index is 2.26. The summed E-state index contributed by atoms with van der Waals surface area (Å²) in [6, 6.07) is 0.330. The van der Waals surface area contributed by atoms with Gasteiger partial charge in [-0.3, -0.25) is 9.78 Å². The van der Waals surface area contributed by atoms with Gasteiger partial charge in [-0.25, -0.2) is 9.89 Å². The lowest BCUT2D eigenvalue weighted by Crippen LogP contribution is -2.41. The third kappa shape index (κ3) is 2.79. The van der Waals surface area contributed by atoms with Gasteiger partial charge in [0.1, 0.15) is 0 Å². The van der Waals surface area contributed by atoms with E-state index in [1.54, 1.807) is 0 Å². The molecule has 0 bridgehead atoms. The number of H-pyrrole nitrogens is 2. The molecule has 1 aliphatic carbocycles. The molecule has 4 N–H and O–H groups in total. The van der Waals surface area contributed by atoms with Crippen LogP contribution in [-0.2, 0) is 0 Å². The highest BCUT2D eigenvalue weighted by atomic mass is 16.2. The van der Waals surface area contributed by atoms with Crippen LogP contribution in [0.3, 0.4) is 0 Å². The lowest BCUT2D eigenvalue weighted by atomic mass is 10.2. The lowest BCUT2D eigenvalue weighted by molar-refractivity contribution is 0.578. The molecule has 0 aliphatic heterocycles. The molecule has 0 atom stereocenters. The molecule has 0 unspecified atom stereocenters. The molecule has 100 valence electrons. The van der Waals surface area contributed by atoms with Gasteiger partial charge in [-0.05, 0) is 25.8 Å². The van der Waals surface area contributed by atoms with Gasteiger partial charge in [-0.15, -0.1) is 5.10 Å². The molecule has 0 radical (unpaired) electrons. The first-order chi connectivity index (χ1) is 8.72. The summed E-state index contributed by atoms with van der Waals surface area (Å²) in [6.45, 7) is 1.27. The second kappa shape index (κ2) is 5.81. The quantitative estimate of drug-likeness (QED) is 0.659. The summed E-state index contributed by atoms with van der Waals surface area (Å²) in [5.74, 6) is 0.301. The third-order valence-corrected chi connectivity index (χ3v) is 3.33. The zero-order valence-corrected chi connectivity index (χ0v) is 10.3. The molecule has 0 amide bonds. The normalized spacial score (nSPS) is 16.1. The van der Waals surface area contributed by atoms with E-state index in [1.807, 2.05) is 4.90 Å². The molecule has 1 aliphatic rings. The van der Waals surface area contributed by atoms with Crippen LogP contribution in [0, 0.1) is 0 Å². The minimum atomic E-state index is -0.575. The highest BCUT2D eigenvalue weighted by Crippen LogP contribution is 2.25. The first-order valence-electron chi connectivity index (χ1n) is 6.38. The second-order valence-electron chi connectivity index (χ2n) is 4.60. The van der Waals surface area contributed by atoms with Crippen LogP contribution in [-0.4, -0.2) is 34.3 Å². The fourth-order valence-electron chi connectivity index (χ4n) is 2.48. The van der Waals surface area contributed by atoms with Crippen LogP contribution in [0.5, 0.6) is 0 Å². The van der Waals surface area contributed by atoms with Gasteiger partial charge in [-0.1, -0.05) is 12.8 Å². The number of hydrogen-bond acceptors (Lipinski definition) is 5. The van der Waals surface area contributed by atoms with E-state index in [0.717, 1.165) is 19.3 Å². The zero-order chi connectivity index (χ0) is 13.0. The lowest BCUT2D eigenvalue weighted by Gasteiger charge is -2.28. The minimum absolute atomic E-state index is 0.301. The molecule has 1 aromatic heterocycles. The Morgan fingerprint density at radius 1 is 1.33 bits per heavy atom. The Labute approximate surface area is 104 Å². The van der Waals surface area contributed by atoms with Gasteiger partial charge < -0.3 is 10.6 Å². The van der Waals surface area contributed by atoms with Crippen molar-refractivity contribution in [3.63, 3.8) is 0 Å². The predicted octanol–water partition coefficient (Wildman–Crippen LogP) is -0.444. The molecule has 1 aromatic rings. The van der Waals surface area contributed by atoms with Crippen molar-refractivity contribution in [1.29, 1.82) is 0 Å². The van der Waals surface area contributed by atoms with Crippen molar-refractivity contribution >= 4 is 5.82 Å². The van der Waals surface area contributed by atoms with E-state index in [4.69, 9.17) is 5.73 Å². The Morgan fingerprint density at radius 3 is 2.67 bits per heavy atom. The number of anilines is 1. The molecule has 2 rings (SSSR count). The number of aromatic nitrogens is 3. The number of nitrogens with two attached hydrogens (primary N) is 1. The largest absolute Gasteiger partial charge is 0.348 e. The third-order valence-electron chi connectivity index (χ3n) is 3.33. The zero-order valence-electron chi connectivity index (χ0n) is 10.3. The Bertz CT molecular complexity index is 489. The van der Waals surface area contributed by atoms with Crippen molar-refractivity contribution in [2.24, 2.45) is 5.73 Å². The molecule has 7 nitrogen and oxygen atoms in total. The summed E-state index contributed by atoms with van der Waals surface area (Å²) in [7, 11) is 0. The maximum absolute atomic E-state index is 11.8. The molecule has 1 fully saturated rings. The van der Waals surface area contributed by atoms with Crippen LogP contribution >= 0.6 is 0 Å². The SMILES string of the molecule is NCCCN(c1n[nH]c(=O)[nH]c1=O)C1CCCC1. The smallest absolute Gasteiger partial charge is 0.342 e. The maximum Gasteiger partial charge on any atom is 0.342 e. The van der Waals surface area contributed by atoms with Gasteiger partial charge in [0, 0.05) is 12.6 Å². The first-order valence-corrected chi connectivity index (χ1v) is 6.38. The van der Waals surface area contributed by atoms with Crippen LogP contribution in [0.25, 0.3) is 0 Å². The van der Waals surface area contributed by atoms with E-state index < -0.39 is 11.2 Å². The van der Waals surface area contributed by atoms with Crippen LogP contribution in [0.1, 0.15) is 32.1 Å². The number of nitrogens with zero attached hydrogens (tertiary/aromatic N) is 2. The molecule has 0 saturated heterocycles. The van der Waals surface area contributed by atoms with Gasteiger partial charge in [0.15, 0.2) is 0 Å². The van der Waals surface area contributed by atoms with Crippen LogP contribution in [0.15, 0.2) is 9.59 Å². The van der Waals surface area contributed by atoms with Crippen LogP contribution < -0.4 is 21.9 Å². The molecule has 1 saturated carbocycles. The summed E-state index contributed by atoms with van der Waals surface area (Å²) in [4.78, 5) is 27.0. The van der Waals surface area contributed by atoms with Crippen molar-refractivity contribution in [2.45, 2.75) is 38.1 Å². The Hall–Kier alpha value is -1.63. The number of hydrogen-bond donors (Lipinski definition) is 3. The Morgan fingerprint density at radius 2 is 2.06 bits per heavy atom. The van der Waals surface area contributed by atoms with Crippen molar-refractivity contribution in [2.75, 3.05) is 18.0 Å². The average molecular weight is 253 g/mol. The van der Waals surface area contributed by atoms with Gasteiger partial charge in [-0.2, -0.15) is 0 Å². The summed E-state index contributed by atoms with van der Waals surface area (Å²) in [6.07, 6.45) is 5.27. The fourth-order valence-corrected chi connectivity index (χ4v) is 2.48. The standard InChI is InChI=1S/C11H19N5O2/c12-6-3-7-16(8-4-1-2-5-8)9-10(17)13-11(18)15-14-9/h8H,1-7,12H2,(H2,13,15,17,18). The molecule has 1 heterocycles. The second-order valence-corrected chi connectivity index (χ2v) is 4.60. The summed E-state index contributed by atoms with van der Waals surface area (Å²) in [5.41, 5.74) is 4.52. The first kappa shape index (κ1) is 12.8. The van der Waals surface area contributed by atoms with E-state index in [1.165, 1.54) is 12.8 Å². The average Bonchev–Trinajstić information content (AvgIpc) is 2.85. The number of aromatic amines is 2. The van der Waals surface area contributed by atoms with E-state index in [9.17, 15) is 9.59 Å². The van der Waals surface area contributed by atoms with Crippen molar-refractivity contribution < 1.29 is 0 Å². The maximum atomic E-state index is 11.8. The topological polar surface area (TPSA) is 108 Å². The van der Waals surface area contributed by atoms with Crippen molar-refractivity contribution in [3.8, 4) is 0 Å². The molecule has 0 aromatic carbocycles. The van der Waals surface area contributed by atoms with Crippen molar-refractivity contribution in [3.05, 3.63) is 20.8 Å². The van der Waals surface area contributed by atoms with Crippen LogP contribution in [0.2, 0.25) is 0 Å². The molecular weight excluding hydrogens is 234 g/mol. The summed E-state index contributed by atoms with van der Waals surface area (Å²) >= 11 is 0. The van der Waals surface area contributed by atoms with E-state index >= 15 is 0 Å². The fraction of sp³-hybridized carbons (Fsp3) is 0.727. The van der Waals surface area contributed by atoms with Crippen LogP contribution in [0.4, 0.5) is 5.82 Å². The summed E-state index contributed by atoms with van der Waals surface area (Å²) in [5, 5.41) is 6.17. The monoisotopic (exact) mass is 253 g/mol. The van der Waals surface area contributed by atoms with E-state index in [2.05, 4.69) is 15.2 Å². The predicted molar refractivity (Wildman–Crippen MR) is 68.8 cm³/mol. The molecule has 18 heavy (non-hydrogen) atoms. The molecular formula is C11H19N5O2. The number of nitrogens with one attached hydrogen (secondary N) is 2. The summed E-state index contributed by atoms with van der Waals surface area (Å²) < 4.78 is 0. The van der Waals surface area contributed by atoms with E-state index in [-0.39, 0.29) is 0 Å². The van der Waals surface area contributed by atoms with Gasteiger partial charge >= 0.3 is 5.69 Å². The molecule has 0 spiro atoms. The number of rotatable bonds is 5. The van der Waals surface area contributed by atoms with Gasteiger partial charge in [0.25, 0.3) is 5.56 Å². The Kier molecular flexibility index (Phi) is 4.14. The molecule has 7 heteroatoms. The van der Waals surface area contributed by atoms with Gasteiger partial charge in [0.05, 0.1) is 0 Å². The van der Waals surface area contributed by atoms with Gasteiger partial charge in [0.2, 0.25) is 5.82 Å². The van der Waals surface area contributed by atoms with E-state index in [0.29, 0.717) is 24.9 Å².